The van der Waals surface area contributed by atoms with E-state index in [1.165, 1.54) is 12.3 Å². The van der Waals surface area contributed by atoms with Crippen LogP contribution in [-0.2, 0) is 0 Å². The summed E-state index contributed by atoms with van der Waals surface area (Å²) in [5.74, 6) is 4.50. The van der Waals surface area contributed by atoms with Crippen molar-refractivity contribution in [3.8, 4) is 0 Å². The van der Waals surface area contributed by atoms with Crippen molar-refractivity contribution >= 4 is 0 Å². The van der Waals surface area contributed by atoms with Gasteiger partial charge in [-0.05, 0) is 54.8 Å². The molecule has 0 N–H and O–H groups in total. The van der Waals surface area contributed by atoms with Crippen LogP contribution in [0.25, 0.3) is 0 Å². The average Bonchev–Trinajstić information content (AvgIpc) is 2.19. The van der Waals surface area contributed by atoms with Gasteiger partial charge in [0.1, 0.15) is 0 Å². The van der Waals surface area contributed by atoms with Crippen LogP contribution in [0.4, 0.5) is 0 Å². The predicted molar refractivity (Wildman–Crippen MR) is 62.2 cm³/mol. The van der Waals surface area contributed by atoms with Crippen LogP contribution < -0.4 is 0 Å². The van der Waals surface area contributed by atoms with E-state index in [1.807, 2.05) is 13.8 Å². The van der Waals surface area contributed by atoms with Crippen molar-refractivity contribution in [2.45, 2.75) is 59.8 Å². The number of rotatable bonds is 0. The molecule has 3 aliphatic carbocycles. The van der Waals surface area contributed by atoms with E-state index in [1.54, 1.807) is 25.7 Å². The molecule has 0 spiro atoms. The van der Waals surface area contributed by atoms with Crippen molar-refractivity contribution in [2.24, 2.45) is 29.1 Å². The fraction of sp³-hybridized carbons (Fsp3) is 1.00. The Kier molecular flexibility index (Phi) is 2.66. The van der Waals surface area contributed by atoms with Crippen LogP contribution in [0.15, 0.2) is 0 Å². The summed E-state index contributed by atoms with van der Waals surface area (Å²) in [5.41, 5.74) is 0.833. The van der Waals surface area contributed by atoms with Crippen LogP contribution in [-0.4, -0.2) is 0 Å². The molecular weight excluding hydrogens is 168 g/mol. The first-order valence-electron chi connectivity index (χ1n) is 6.69. The van der Waals surface area contributed by atoms with Crippen molar-refractivity contribution < 1.29 is 0 Å². The van der Waals surface area contributed by atoms with Crippen molar-refractivity contribution in [1.29, 1.82) is 0 Å². The number of hydrogen-bond donors (Lipinski definition) is 0. The molecule has 14 heavy (non-hydrogen) atoms. The topological polar surface area (TPSA) is 0 Å². The second kappa shape index (κ2) is 3.54. The van der Waals surface area contributed by atoms with E-state index in [-0.39, 0.29) is 0 Å². The molecule has 5 atom stereocenters. The zero-order chi connectivity index (χ0) is 10.3. The summed E-state index contributed by atoms with van der Waals surface area (Å²) in [4.78, 5) is 0. The molecule has 3 aliphatic rings. The second-order valence-electron chi connectivity index (χ2n) is 6.03. The van der Waals surface area contributed by atoms with Gasteiger partial charge in [-0.1, -0.05) is 34.1 Å². The quantitative estimate of drug-likeness (QED) is 0.533. The lowest BCUT2D eigenvalue weighted by atomic mass is 9.39. The summed E-state index contributed by atoms with van der Waals surface area (Å²) in [6.07, 6.45) is 7.77. The summed E-state index contributed by atoms with van der Waals surface area (Å²) in [5, 5.41) is 0. The van der Waals surface area contributed by atoms with E-state index in [0.29, 0.717) is 0 Å². The van der Waals surface area contributed by atoms with E-state index in [4.69, 9.17) is 0 Å². The molecular formula is C14H26. The highest BCUT2D eigenvalue weighted by molar-refractivity contribution is 5.11. The minimum Gasteiger partial charge on any atom is -0.0683 e. The molecule has 0 aromatic heterocycles. The largest absolute Gasteiger partial charge is 0.0683 e. The van der Waals surface area contributed by atoms with Crippen LogP contribution in [0.2, 0.25) is 0 Å². The minimum atomic E-state index is 0.833. The Labute approximate surface area is 89.5 Å². The van der Waals surface area contributed by atoms with Gasteiger partial charge in [-0.25, -0.2) is 0 Å². The Morgan fingerprint density at radius 2 is 1.64 bits per heavy atom. The fourth-order valence-corrected chi connectivity index (χ4v) is 4.65. The third-order valence-electron chi connectivity index (χ3n) is 5.01. The third kappa shape index (κ3) is 1.33. The lowest BCUT2D eigenvalue weighted by molar-refractivity contribution is -0.170. The number of hydrogen-bond acceptors (Lipinski definition) is 0. The van der Waals surface area contributed by atoms with Crippen LogP contribution in [0, 0.1) is 29.1 Å². The first-order valence-corrected chi connectivity index (χ1v) is 6.69. The van der Waals surface area contributed by atoms with E-state index in [0.717, 1.165) is 23.2 Å². The maximum Gasteiger partial charge on any atom is -0.0287 e. The molecule has 5 unspecified atom stereocenters. The smallest absolute Gasteiger partial charge is 0.0287 e. The molecule has 0 aromatic rings. The van der Waals surface area contributed by atoms with Crippen LogP contribution >= 0.6 is 0 Å². The Morgan fingerprint density at radius 1 is 1.00 bits per heavy atom. The van der Waals surface area contributed by atoms with Gasteiger partial charge in [0.25, 0.3) is 0 Å². The summed E-state index contributed by atoms with van der Waals surface area (Å²) >= 11 is 0. The third-order valence-corrected chi connectivity index (χ3v) is 5.01. The summed E-state index contributed by atoms with van der Waals surface area (Å²) in [6.45, 7) is 8.99. The van der Waals surface area contributed by atoms with Gasteiger partial charge in [-0.3, -0.25) is 0 Å². The maximum atomic E-state index is 2.53. The predicted octanol–water partition coefficient (Wildman–Crippen LogP) is 4.49. The average molecular weight is 194 g/mol. The van der Waals surface area contributed by atoms with E-state index in [2.05, 4.69) is 13.8 Å². The van der Waals surface area contributed by atoms with Crippen molar-refractivity contribution in [3.63, 3.8) is 0 Å². The molecule has 0 bridgehead atoms. The van der Waals surface area contributed by atoms with Crippen LogP contribution in [0.1, 0.15) is 59.8 Å². The van der Waals surface area contributed by atoms with Gasteiger partial charge >= 0.3 is 0 Å². The van der Waals surface area contributed by atoms with E-state index < -0.39 is 0 Å². The molecule has 0 heterocycles. The molecule has 0 nitrogen and oxygen atoms in total. The summed E-state index contributed by atoms with van der Waals surface area (Å²) in [6, 6.07) is 0. The van der Waals surface area contributed by atoms with Crippen LogP contribution in [0.3, 0.4) is 0 Å². The van der Waals surface area contributed by atoms with Crippen molar-refractivity contribution in [1.82, 2.24) is 0 Å². The molecule has 0 saturated heterocycles. The molecule has 0 heteroatoms. The van der Waals surface area contributed by atoms with Crippen LogP contribution in [0.5, 0.6) is 0 Å². The fourth-order valence-electron chi connectivity index (χ4n) is 4.65. The Morgan fingerprint density at radius 3 is 2.29 bits per heavy atom. The highest BCUT2D eigenvalue weighted by Gasteiger charge is 2.62. The molecule has 3 rings (SSSR count). The van der Waals surface area contributed by atoms with Gasteiger partial charge in [-0.15, -0.1) is 0 Å². The van der Waals surface area contributed by atoms with Gasteiger partial charge in [-0.2, -0.15) is 0 Å². The van der Waals surface area contributed by atoms with Crippen molar-refractivity contribution in [3.05, 3.63) is 0 Å². The Bertz CT molecular complexity index is 208. The van der Waals surface area contributed by atoms with Gasteiger partial charge in [0.15, 0.2) is 0 Å². The normalized spacial score (nSPS) is 54.0. The van der Waals surface area contributed by atoms with Gasteiger partial charge in [0, 0.05) is 0 Å². The molecule has 3 fully saturated rings. The molecule has 0 aromatic carbocycles. The highest BCUT2D eigenvalue weighted by Crippen LogP contribution is 2.70. The highest BCUT2D eigenvalue weighted by atomic mass is 14.7. The molecule has 3 saturated carbocycles. The van der Waals surface area contributed by atoms with Gasteiger partial charge in [0.2, 0.25) is 0 Å². The first-order chi connectivity index (χ1) is 6.69. The molecule has 82 valence electrons. The van der Waals surface area contributed by atoms with Gasteiger partial charge < -0.3 is 0 Å². The van der Waals surface area contributed by atoms with E-state index in [9.17, 15) is 0 Å². The summed E-state index contributed by atoms with van der Waals surface area (Å²) in [7, 11) is 0. The summed E-state index contributed by atoms with van der Waals surface area (Å²) < 4.78 is 0. The molecule has 0 radical (unpaired) electrons. The van der Waals surface area contributed by atoms with Crippen molar-refractivity contribution in [2.75, 3.05) is 0 Å². The van der Waals surface area contributed by atoms with Gasteiger partial charge in [0.05, 0.1) is 0 Å². The lowest BCUT2D eigenvalue weighted by Gasteiger charge is -2.66. The zero-order valence-electron chi connectivity index (χ0n) is 10.3. The second-order valence-corrected chi connectivity index (χ2v) is 6.03. The monoisotopic (exact) mass is 194 g/mol. The zero-order valence-corrected chi connectivity index (χ0v) is 10.3. The minimum absolute atomic E-state index is 0.833. The Balaban J connectivity index is 0.000000354. The Hall–Kier alpha value is 0. The maximum absolute atomic E-state index is 2.53. The molecule has 0 aliphatic heterocycles. The lowest BCUT2D eigenvalue weighted by Crippen LogP contribution is -2.58. The van der Waals surface area contributed by atoms with E-state index >= 15 is 0 Å². The SMILES string of the molecule is CC.CC1CCC2CC3(C)CC(C1)C23. The first kappa shape index (κ1) is 10.5. The molecule has 0 amide bonds. The standard InChI is InChI=1S/C12H20.C2H6/c1-8-3-4-9-6-12(2)7-10(5-8)11(9)12;1-2/h8-11H,3-7H2,1-2H3;1-2H3.